The third-order valence-electron chi connectivity index (χ3n) is 3.28. The van der Waals surface area contributed by atoms with Gasteiger partial charge in [-0.2, -0.15) is 17.4 Å². The van der Waals surface area contributed by atoms with Crippen LogP contribution in [0.3, 0.4) is 0 Å². The number of nitrogens with zero attached hydrogens (tertiary/aromatic N) is 1. The van der Waals surface area contributed by atoms with Crippen molar-refractivity contribution in [2.24, 2.45) is 5.73 Å². The average Bonchev–Trinajstić information content (AvgIpc) is 2.43. The van der Waals surface area contributed by atoms with Crippen molar-refractivity contribution in [3.05, 3.63) is 0 Å². The van der Waals surface area contributed by atoms with E-state index in [-0.39, 0.29) is 5.84 Å². The summed E-state index contributed by atoms with van der Waals surface area (Å²) in [6, 6.07) is 0. The van der Waals surface area contributed by atoms with Gasteiger partial charge in [0.15, 0.2) is 0 Å². The predicted molar refractivity (Wildman–Crippen MR) is 68.1 cm³/mol. The molecule has 0 amide bonds. The Labute approximate surface area is 103 Å². The summed E-state index contributed by atoms with van der Waals surface area (Å²) in [6.45, 7) is 0. The van der Waals surface area contributed by atoms with Crippen molar-refractivity contribution in [1.82, 2.24) is 9.03 Å². The molecule has 0 bridgehead atoms. The predicted octanol–water partition coefficient (Wildman–Crippen LogP) is 0.411. The summed E-state index contributed by atoms with van der Waals surface area (Å²) in [7, 11) is -0.625. The maximum atomic E-state index is 11.9. The fourth-order valence-corrected chi connectivity index (χ4v) is 3.09. The summed E-state index contributed by atoms with van der Waals surface area (Å²) in [5.41, 5.74) is 4.73. The minimum absolute atomic E-state index is 0.0789. The third-order valence-corrected chi connectivity index (χ3v) is 4.89. The average molecular weight is 262 g/mol. The zero-order chi connectivity index (χ0) is 13.1. The van der Waals surface area contributed by atoms with Crippen LogP contribution in [0.2, 0.25) is 0 Å². The first kappa shape index (κ1) is 14.4. The maximum Gasteiger partial charge on any atom is 0.279 e. The van der Waals surface area contributed by atoms with Crippen molar-refractivity contribution in [1.29, 1.82) is 5.41 Å². The molecule has 1 fully saturated rings. The monoisotopic (exact) mass is 262 g/mol. The molecule has 0 unspecified atom stereocenters. The van der Waals surface area contributed by atoms with E-state index in [0.717, 1.165) is 30.0 Å². The molecule has 1 rings (SSSR count). The number of rotatable bonds is 4. The summed E-state index contributed by atoms with van der Waals surface area (Å²) in [4.78, 5) is 0. The first-order valence-corrected chi connectivity index (χ1v) is 7.30. The largest absolute Gasteiger partial charge is 0.386 e. The van der Waals surface area contributed by atoms with E-state index in [1.54, 1.807) is 0 Å². The summed E-state index contributed by atoms with van der Waals surface area (Å²) < 4.78 is 27.5. The summed E-state index contributed by atoms with van der Waals surface area (Å²) in [6.07, 6.45) is 5.15. The highest BCUT2D eigenvalue weighted by Gasteiger charge is 2.38. The van der Waals surface area contributed by atoms with Gasteiger partial charge in [0, 0.05) is 14.1 Å². The molecule has 0 saturated heterocycles. The lowest BCUT2D eigenvalue weighted by Crippen LogP contribution is -2.58. The van der Waals surface area contributed by atoms with Gasteiger partial charge in [-0.3, -0.25) is 5.41 Å². The lowest BCUT2D eigenvalue weighted by Gasteiger charge is -2.33. The molecule has 17 heavy (non-hydrogen) atoms. The van der Waals surface area contributed by atoms with Crippen LogP contribution in [-0.2, 0) is 10.2 Å². The molecule has 0 spiro atoms. The second-order valence-corrected chi connectivity index (χ2v) is 6.68. The first-order valence-electron chi connectivity index (χ1n) is 5.86. The number of nitrogens with two attached hydrogens (primary N) is 1. The van der Waals surface area contributed by atoms with Gasteiger partial charge in [0.25, 0.3) is 10.2 Å². The molecule has 0 aromatic carbocycles. The minimum Gasteiger partial charge on any atom is -0.386 e. The van der Waals surface area contributed by atoms with E-state index < -0.39 is 15.7 Å². The molecular weight excluding hydrogens is 240 g/mol. The smallest absolute Gasteiger partial charge is 0.279 e. The van der Waals surface area contributed by atoms with Gasteiger partial charge in [-0.1, -0.05) is 25.7 Å². The molecule has 0 radical (unpaired) electrons. The van der Waals surface area contributed by atoms with Crippen molar-refractivity contribution in [3.8, 4) is 0 Å². The van der Waals surface area contributed by atoms with Crippen molar-refractivity contribution in [2.45, 2.75) is 44.1 Å². The van der Waals surface area contributed by atoms with Crippen molar-refractivity contribution in [3.63, 3.8) is 0 Å². The van der Waals surface area contributed by atoms with E-state index in [4.69, 9.17) is 11.1 Å². The van der Waals surface area contributed by atoms with Gasteiger partial charge in [-0.05, 0) is 12.8 Å². The van der Waals surface area contributed by atoms with Crippen molar-refractivity contribution < 1.29 is 8.42 Å². The van der Waals surface area contributed by atoms with Crippen LogP contribution in [0.1, 0.15) is 38.5 Å². The molecule has 0 aromatic rings. The van der Waals surface area contributed by atoms with Gasteiger partial charge >= 0.3 is 0 Å². The minimum atomic E-state index is -3.55. The fourth-order valence-electron chi connectivity index (χ4n) is 2.10. The third kappa shape index (κ3) is 3.40. The number of hydrogen-bond acceptors (Lipinski definition) is 3. The number of amidine groups is 1. The highest BCUT2D eigenvalue weighted by Crippen LogP contribution is 2.28. The highest BCUT2D eigenvalue weighted by molar-refractivity contribution is 7.87. The van der Waals surface area contributed by atoms with Crippen LogP contribution in [-0.4, -0.2) is 38.2 Å². The fraction of sp³-hybridized carbons (Fsp3) is 0.900. The molecule has 6 nitrogen and oxygen atoms in total. The normalized spacial score (nSPS) is 21.1. The van der Waals surface area contributed by atoms with Gasteiger partial charge < -0.3 is 5.73 Å². The molecule has 1 saturated carbocycles. The quantitative estimate of drug-likeness (QED) is 0.389. The molecule has 1 aliphatic rings. The van der Waals surface area contributed by atoms with Crippen LogP contribution in [0.25, 0.3) is 0 Å². The summed E-state index contributed by atoms with van der Waals surface area (Å²) >= 11 is 0. The lowest BCUT2D eigenvalue weighted by molar-refractivity contribution is 0.413. The zero-order valence-corrected chi connectivity index (χ0v) is 11.3. The van der Waals surface area contributed by atoms with Gasteiger partial charge in [-0.15, -0.1) is 0 Å². The zero-order valence-electron chi connectivity index (χ0n) is 10.5. The maximum absolute atomic E-state index is 11.9. The van der Waals surface area contributed by atoms with E-state index in [1.165, 1.54) is 14.1 Å². The number of hydrogen-bond donors (Lipinski definition) is 3. The standard InChI is InChI=1S/C10H22N4O2S/c1-14(2)17(15,16)13-10(9(11)12)7-5-3-4-6-8-10/h13H,3-8H2,1-2H3,(H3,11,12). The van der Waals surface area contributed by atoms with Gasteiger partial charge in [0.2, 0.25) is 0 Å². The van der Waals surface area contributed by atoms with Crippen molar-refractivity contribution >= 4 is 16.0 Å². The molecule has 1 aliphatic carbocycles. The van der Waals surface area contributed by atoms with Gasteiger partial charge in [-0.25, -0.2) is 0 Å². The second-order valence-electron chi connectivity index (χ2n) is 4.80. The Balaban J connectivity index is 2.96. The molecule has 7 heteroatoms. The Kier molecular flexibility index (Phi) is 4.51. The molecular formula is C10H22N4O2S. The Morgan fingerprint density at radius 3 is 2.06 bits per heavy atom. The van der Waals surface area contributed by atoms with E-state index in [9.17, 15) is 8.42 Å². The molecule has 4 N–H and O–H groups in total. The van der Waals surface area contributed by atoms with E-state index in [1.807, 2.05) is 0 Å². The van der Waals surface area contributed by atoms with E-state index >= 15 is 0 Å². The molecule has 100 valence electrons. The Morgan fingerprint density at radius 2 is 1.71 bits per heavy atom. The molecule has 0 aromatic heterocycles. The van der Waals surface area contributed by atoms with Gasteiger partial charge in [0.1, 0.15) is 5.84 Å². The molecule has 0 aliphatic heterocycles. The lowest BCUT2D eigenvalue weighted by atomic mass is 9.90. The van der Waals surface area contributed by atoms with Crippen LogP contribution in [0.15, 0.2) is 0 Å². The van der Waals surface area contributed by atoms with Crippen LogP contribution in [0.5, 0.6) is 0 Å². The van der Waals surface area contributed by atoms with Gasteiger partial charge in [0.05, 0.1) is 5.54 Å². The Bertz CT molecular complexity index is 370. The summed E-state index contributed by atoms with van der Waals surface area (Å²) in [5.74, 6) is -0.0789. The highest BCUT2D eigenvalue weighted by atomic mass is 32.2. The summed E-state index contributed by atoms with van der Waals surface area (Å²) in [5, 5.41) is 7.69. The van der Waals surface area contributed by atoms with Crippen LogP contribution >= 0.6 is 0 Å². The molecule has 0 atom stereocenters. The van der Waals surface area contributed by atoms with Crippen molar-refractivity contribution in [2.75, 3.05) is 14.1 Å². The van der Waals surface area contributed by atoms with Crippen LogP contribution < -0.4 is 10.5 Å². The Hall–Kier alpha value is -0.660. The topological polar surface area (TPSA) is 99.3 Å². The second kappa shape index (κ2) is 5.32. The van der Waals surface area contributed by atoms with Crippen LogP contribution in [0.4, 0.5) is 0 Å². The first-order chi connectivity index (χ1) is 7.80. The SMILES string of the molecule is CN(C)S(=O)(=O)NC1(C(=N)N)CCCCCC1. The Morgan fingerprint density at radius 1 is 1.24 bits per heavy atom. The van der Waals surface area contributed by atoms with E-state index in [0.29, 0.717) is 12.8 Å². The molecule has 0 heterocycles. The van der Waals surface area contributed by atoms with Crippen LogP contribution in [0, 0.1) is 5.41 Å². The van der Waals surface area contributed by atoms with E-state index in [2.05, 4.69) is 4.72 Å². The number of nitrogens with one attached hydrogen (secondary N) is 2.